The number of nitrogens with zero attached hydrogens (tertiary/aromatic N) is 1. The first-order valence-electron chi connectivity index (χ1n) is 6.52. The van der Waals surface area contributed by atoms with Gasteiger partial charge in [0, 0.05) is 17.1 Å². The molecule has 0 saturated carbocycles. The van der Waals surface area contributed by atoms with Crippen LogP contribution in [0.2, 0.25) is 0 Å². The summed E-state index contributed by atoms with van der Waals surface area (Å²) in [4.78, 5) is 2.64. The molecule has 106 valence electrons. The third kappa shape index (κ3) is 3.78. The fourth-order valence-corrected chi connectivity index (χ4v) is 3.78. The largest absolute Gasteiger partial charge is 0.299 e. The van der Waals surface area contributed by atoms with E-state index in [1.165, 1.54) is 0 Å². The molecule has 0 radical (unpaired) electrons. The minimum Gasteiger partial charge on any atom is -0.299 e. The molecule has 1 heterocycles. The summed E-state index contributed by atoms with van der Waals surface area (Å²) in [7, 11) is -3.39. The highest BCUT2D eigenvalue weighted by molar-refractivity contribution is 9.10. The van der Waals surface area contributed by atoms with Crippen molar-refractivity contribution in [3.8, 4) is 0 Å². The number of benzene rings is 1. The zero-order chi connectivity index (χ0) is 13.9. The quantitative estimate of drug-likeness (QED) is 0.889. The Bertz CT molecular complexity index is 516. The van der Waals surface area contributed by atoms with Gasteiger partial charge in [-0.1, -0.05) is 22.9 Å². The Balaban J connectivity index is 2.00. The third-order valence-electron chi connectivity index (χ3n) is 3.54. The Morgan fingerprint density at radius 3 is 2.68 bits per heavy atom. The van der Waals surface area contributed by atoms with Crippen molar-refractivity contribution in [1.82, 2.24) is 9.62 Å². The lowest BCUT2D eigenvalue weighted by molar-refractivity contribution is 0.268. The van der Waals surface area contributed by atoms with E-state index < -0.39 is 10.0 Å². The van der Waals surface area contributed by atoms with Crippen LogP contribution in [0.25, 0.3) is 0 Å². The molecule has 0 aromatic heterocycles. The molecule has 1 aliphatic heterocycles. The van der Waals surface area contributed by atoms with Crippen molar-refractivity contribution in [2.75, 3.05) is 19.6 Å². The smallest absolute Gasteiger partial charge is 0.240 e. The highest BCUT2D eigenvalue weighted by Crippen LogP contribution is 2.18. The maximum Gasteiger partial charge on any atom is 0.240 e. The van der Waals surface area contributed by atoms with E-state index in [0.29, 0.717) is 17.5 Å². The van der Waals surface area contributed by atoms with Gasteiger partial charge in [-0.2, -0.15) is 0 Å². The van der Waals surface area contributed by atoms with Crippen molar-refractivity contribution in [3.63, 3.8) is 0 Å². The van der Waals surface area contributed by atoms with Gasteiger partial charge in [-0.05, 0) is 50.2 Å². The van der Waals surface area contributed by atoms with E-state index in [-0.39, 0.29) is 0 Å². The van der Waals surface area contributed by atoms with E-state index in [1.807, 2.05) is 0 Å². The van der Waals surface area contributed by atoms with Crippen LogP contribution in [-0.4, -0.2) is 39.0 Å². The fraction of sp³-hybridized carbons (Fsp3) is 0.538. The first-order valence-corrected chi connectivity index (χ1v) is 8.80. The molecule has 0 unspecified atom stereocenters. The second-order valence-corrected chi connectivity index (χ2v) is 7.41. The summed E-state index contributed by atoms with van der Waals surface area (Å²) >= 11 is 3.30. The molecule has 1 fully saturated rings. The van der Waals surface area contributed by atoms with Gasteiger partial charge in [0.1, 0.15) is 0 Å². The van der Waals surface area contributed by atoms with E-state index in [4.69, 9.17) is 0 Å². The molecule has 0 amide bonds. The van der Waals surface area contributed by atoms with Gasteiger partial charge in [-0.25, -0.2) is 13.1 Å². The normalized spacial score (nSPS) is 20.8. The molecule has 1 aliphatic rings. The number of sulfonamides is 1. The molecule has 4 nitrogen and oxygen atoms in total. The molecule has 1 aromatic rings. The van der Waals surface area contributed by atoms with E-state index in [9.17, 15) is 8.42 Å². The minimum absolute atomic E-state index is 0.316. The van der Waals surface area contributed by atoms with E-state index in [1.54, 1.807) is 24.3 Å². The van der Waals surface area contributed by atoms with Crippen molar-refractivity contribution >= 4 is 26.0 Å². The Labute approximate surface area is 123 Å². The Morgan fingerprint density at radius 2 is 2.05 bits per heavy atom. The Morgan fingerprint density at radius 1 is 1.37 bits per heavy atom. The van der Waals surface area contributed by atoms with Gasteiger partial charge >= 0.3 is 0 Å². The van der Waals surface area contributed by atoms with E-state index >= 15 is 0 Å². The third-order valence-corrected chi connectivity index (χ3v) is 5.51. The predicted molar refractivity (Wildman–Crippen MR) is 79.6 cm³/mol. The van der Waals surface area contributed by atoms with Crippen LogP contribution in [0.1, 0.15) is 19.8 Å². The topological polar surface area (TPSA) is 49.4 Å². The molecular formula is C13H19BrN2O2S. The van der Waals surface area contributed by atoms with Crippen LogP contribution in [0.15, 0.2) is 33.6 Å². The summed E-state index contributed by atoms with van der Waals surface area (Å²) in [5.41, 5.74) is 0. The van der Waals surface area contributed by atoms with Gasteiger partial charge in [0.15, 0.2) is 0 Å². The summed E-state index contributed by atoms with van der Waals surface area (Å²) < 4.78 is 27.9. The lowest BCUT2D eigenvalue weighted by Gasteiger charge is -2.22. The van der Waals surface area contributed by atoms with Crippen molar-refractivity contribution < 1.29 is 8.42 Å². The van der Waals surface area contributed by atoms with Gasteiger partial charge in [-0.3, -0.25) is 4.90 Å². The average molecular weight is 347 g/mol. The number of hydrogen-bond donors (Lipinski definition) is 1. The maximum atomic E-state index is 12.2. The average Bonchev–Trinajstić information content (AvgIpc) is 2.84. The van der Waals surface area contributed by atoms with Crippen LogP contribution in [0.4, 0.5) is 0 Å². The monoisotopic (exact) mass is 346 g/mol. The maximum absolute atomic E-state index is 12.2. The highest BCUT2D eigenvalue weighted by atomic mass is 79.9. The summed E-state index contributed by atoms with van der Waals surface area (Å²) in [5.74, 6) is 0. The Hall–Kier alpha value is -0.430. The van der Waals surface area contributed by atoms with Crippen LogP contribution in [0, 0.1) is 0 Å². The molecule has 1 aromatic carbocycles. The lowest BCUT2D eigenvalue weighted by Crippen LogP contribution is -2.39. The fourth-order valence-electron chi connectivity index (χ4n) is 2.45. The Kier molecular flexibility index (Phi) is 5.00. The van der Waals surface area contributed by atoms with Crippen molar-refractivity contribution in [3.05, 3.63) is 28.7 Å². The summed E-state index contributed by atoms with van der Waals surface area (Å²) in [5, 5.41) is 0. The van der Waals surface area contributed by atoms with Crippen LogP contribution < -0.4 is 4.72 Å². The SMILES string of the molecule is CCN1CCC[C@@H]1CNS(=O)(=O)c1ccc(Br)cc1. The van der Waals surface area contributed by atoms with Crippen LogP contribution in [0.3, 0.4) is 0 Å². The minimum atomic E-state index is -3.39. The molecule has 6 heteroatoms. The number of likely N-dealkylation sites (N-methyl/N-ethyl adjacent to an activating group) is 1. The molecule has 0 spiro atoms. The van der Waals surface area contributed by atoms with Crippen LogP contribution >= 0.6 is 15.9 Å². The number of halogens is 1. The van der Waals surface area contributed by atoms with Gasteiger partial charge < -0.3 is 0 Å². The van der Waals surface area contributed by atoms with E-state index in [0.717, 1.165) is 30.4 Å². The van der Waals surface area contributed by atoms with Gasteiger partial charge in [0.25, 0.3) is 0 Å². The number of hydrogen-bond acceptors (Lipinski definition) is 3. The van der Waals surface area contributed by atoms with Crippen molar-refractivity contribution in [1.29, 1.82) is 0 Å². The van der Waals surface area contributed by atoms with Crippen LogP contribution in [-0.2, 0) is 10.0 Å². The first kappa shape index (κ1) is 15.0. The molecule has 1 atom stereocenters. The van der Waals surface area contributed by atoms with Gasteiger partial charge in [-0.15, -0.1) is 0 Å². The summed E-state index contributed by atoms with van der Waals surface area (Å²) in [6.45, 7) is 4.65. The number of nitrogens with one attached hydrogen (secondary N) is 1. The number of likely N-dealkylation sites (tertiary alicyclic amines) is 1. The summed E-state index contributed by atoms with van der Waals surface area (Å²) in [6, 6.07) is 7.03. The molecule has 0 aliphatic carbocycles. The van der Waals surface area contributed by atoms with E-state index in [2.05, 4.69) is 32.5 Å². The molecule has 1 N–H and O–H groups in total. The highest BCUT2D eigenvalue weighted by Gasteiger charge is 2.24. The standard InChI is InChI=1S/C13H19BrN2O2S/c1-2-16-9-3-4-12(16)10-15-19(17,18)13-7-5-11(14)6-8-13/h5-8,12,15H,2-4,9-10H2,1H3/t12-/m1/s1. The predicted octanol–water partition coefficient (Wildman–Crippen LogP) is 2.21. The van der Waals surface area contributed by atoms with Crippen molar-refractivity contribution in [2.45, 2.75) is 30.7 Å². The molecule has 2 rings (SSSR count). The summed E-state index contributed by atoms with van der Waals surface area (Å²) in [6.07, 6.45) is 2.22. The zero-order valence-electron chi connectivity index (χ0n) is 11.0. The zero-order valence-corrected chi connectivity index (χ0v) is 13.4. The van der Waals surface area contributed by atoms with Gasteiger partial charge in [0.05, 0.1) is 4.90 Å². The molecular weight excluding hydrogens is 328 g/mol. The molecule has 1 saturated heterocycles. The van der Waals surface area contributed by atoms with Crippen LogP contribution in [0.5, 0.6) is 0 Å². The second-order valence-electron chi connectivity index (χ2n) is 4.73. The first-order chi connectivity index (χ1) is 9.03. The lowest BCUT2D eigenvalue weighted by atomic mass is 10.2. The second kappa shape index (κ2) is 6.35. The van der Waals surface area contributed by atoms with Crippen molar-refractivity contribution in [2.24, 2.45) is 0 Å². The van der Waals surface area contributed by atoms with Gasteiger partial charge in [0.2, 0.25) is 10.0 Å². The molecule has 0 bridgehead atoms. The number of rotatable bonds is 5. The molecule has 19 heavy (non-hydrogen) atoms.